The first-order valence-electron chi connectivity index (χ1n) is 12.5. The molecule has 0 saturated carbocycles. The third-order valence-corrected chi connectivity index (χ3v) is 6.78. The first-order chi connectivity index (χ1) is 18.3. The summed E-state index contributed by atoms with van der Waals surface area (Å²) in [5.74, 6) is 0.425. The second-order valence-electron chi connectivity index (χ2n) is 9.22. The normalized spacial score (nSPS) is 16.3. The molecule has 0 fully saturated rings. The maximum absolute atomic E-state index is 13.7. The Hall–Kier alpha value is -4.04. The minimum Gasteiger partial charge on any atom is -0.494 e. The Kier molecular flexibility index (Phi) is 8.53. The Balaban J connectivity index is 1.55. The summed E-state index contributed by atoms with van der Waals surface area (Å²) in [6, 6.07) is 21.0. The van der Waals surface area contributed by atoms with Crippen LogP contribution in [0.15, 0.2) is 72.8 Å². The van der Waals surface area contributed by atoms with E-state index in [0.29, 0.717) is 42.3 Å². The summed E-state index contributed by atoms with van der Waals surface area (Å²) in [4.78, 5) is 40.8. The van der Waals surface area contributed by atoms with E-state index in [4.69, 9.17) is 22.1 Å². The number of anilines is 2. The van der Waals surface area contributed by atoms with Crippen LogP contribution in [0.3, 0.4) is 0 Å². The average Bonchev–Trinajstić information content (AvgIpc) is 2.89. The lowest BCUT2D eigenvalue weighted by Gasteiger charge is -2.43. The van der Waals surface area contributed by atoms with Crippen molar-refractivity contribution in [1.82, 2.24) is 5.32 Å². The smallest absolute Gasteiger partial charge is 0.312 e. The molecular weight excluding hydrogens is 504 g/mol. The van der Waals surface area contributed by atoms with E-state index < -0.39 is 6.03 Å². The van der Waals surface area contributed by atoms with Gasteiger partial charge in [-0.3, -0.25) is 9.59 Å². The zero-order chi connectivity index (χ0) is 27.2. The quantitative estimate of drug-likeness (QED) is 0.382. The van der Waals surface area contributed by atoms with E-state index in [1.165, 1.54) is 0 Å². The lowest BCUT2D eigenvalue weighted by atomic mass is 9.89. The summed E-state index contributed by atoms with van der Waals surface area (Å²) >= 11 is 6.08. The summed E-state index contributed by atoms with van der Waals surface area (Å²) in [6.45, 7) is 4.39. The third kappa shape index (κ3) is 6.08. The number of nitrogens with two attached hydrogens (primary N) is 1. The number of ether oxygens (including phenoxy) is 1. The molecule has 8 nitrogen and oxygen atoms in total. The van der Waals surface area contributed by atoms with E-state index in [2.05, 4.69) is 5.32 Å². The molecule has 0 radical (unpaired) electrons. The maximum Gasteiger partial charge on any atom is 0.312 e. The predicted octanol–water partition coefficient (Wildman–Crippen LogP) is 5.31. The van der Waals surface area contributed by atoms with E-state index in [-0.39, 0.29) is 23.9 Å². The number of benzene rings is 3. The minimum absolute atomic E-state index is 0.0832. The Morgan fingerprint density at radius 3 is 2.39 bits per heavy atom. The van der Waals surface area contributed by atoms with E-state index in [0.717, 1.165) is 16.9 Å². The average molecular weight is 535 g/mol. The number of primary amides is 1. The highest BCUT2D eigenvalue weighted by Crippen LogP contribution is 2.42. The van der Waals surface area contributed by atoms with Gasteiger partial charge in [-0.15, -0.1) is 0 Å². The number of amides is 4. The number of para-hydroxylation sites is 1. The van der Waals surface area contributed by atoms with Gasteiger partial charge in [0.15, 0.2) is 0 Å². The van der Waals surface area contributed by atoms with Crippen molar-refractivity contribution >= 4 is 40.8 Å². The van der Waals surface area contributed by atoms with Gasteiger partial charge in [0, 0.05) is 41.5 Å². The predicted molar refractivity (Wildman–Crippen MR) is 149 cm³/mol. The first-order valence-corrected chi connectivity index (χ1v) is 12.9. The molecule has 1 aliphatic heterocycles. The molecule has 0 aliphatic carbocycles. The number of urea groups is 1. The van der Waals surface area contributed by atoms with Gasteiger partial charge in [-0.05, 0) is 79.9 Å². The van der Waals surface area contributed by atoms with Crippen LogP contribution in [0.4, 0.5) is 16.2 Å². The molecule has 3 N–H and O–H groups in total. The molecule has 9 heteroatoms. The summed E-state index contributed by atoms with van der Waals surface area (Å²) in [5, 5.41) is 3.11. The van der Waals surface area contributed by atoms with Crippen molar-refractivity contribution in [1.29, 1.82) is 0 Å². The molecule has 0 aromatic heterocycles. The van der Waals surface area contributed by atoms with Gasteiger partial charge in [-0.1, -0.05) is 29.8 Å². The molecule has 4 amide bonds. The summed E-state index contributed by atoms with van der Waals surface area (Å²) in [7, 11) is 0. The second-order valence-corrected chi connectivity index (χ2v) is 9.65. The van der Waals surface area contributed by atoms with Crippen molar-refractivity contribution in [2.45, 2.75) is 38.8 Å². The molecule has 1 unspecified atom stereocenters. The topological polar surface area (TPSA) is 105 Å². The van der Waals surface area contributed by atoms with E-state index >= 15 is 0 Å². The van der Waals surface area contributed by atoms with E-state index in [1.807, 2.05) is 43.3 Å². The monoisotopic (exact) mass is 534 g/mol. The van der Waals surface area contributed by atoms with Crippen molar-refractivity contribution in [3.05, 3.63) is 88.9 Å². The number of carbonyl (C=O) groups excluding carboxylic acids is 3. The standard InChI is InChI=1S/C29H31ClN4O4/c1-19-18-27(34(20(2)35)23-12-10-22(30)11-13-23)25-6-3-4-7-26(25)33(19)28(36)21-8-14-24(15-9-21)38-17-5-16-32-29(31)37/h3-4,6-15,19,27H,5,16-18H2,1-2H3,(H3,31,32,37)/t19-,27?/m0/s1. The van der Waals surface area contributed by atoms with Crippen molar-refractivity contribution in [3.8, 4) is 5.75 Å². The summed E-state index contributed by atoms with van der Waals surface area (Å²) < 4.78 is 5.69. The molecule has 3 aromatic rings. The SMILES string of the molecule is CC(=O)N(c1ccc(Cl)cc1)C1C[C@H](C)N(C(=O)c2ccc(OCCCNC(N)=O)cc2)c2ccccc21. The largest absolute Gasteiger partial charge is 0.494 e. The zero-order valence-corrected chi connectivity index (χ0v) is 22.1. The Morgan fingerprint density at radius 1 is 1.05 bits per heavy atom. The summed E-state index contributed by atoms with van der Waals surface area (Å²) in [5.41, 5.74) is 8.04. The lowest BCUT2D eigenvalue weighted by Crippen LogP contribution is -2.47. The number of carbonyl (C=O) groups is 3. The van der Waals surface area contributed by atoms with E-state index in [9.17, 15) is 14.4 Å². The number of halogens is 1. The number of nitrogens with zero attached hydrogens (tertiary/aromatic N) is 2. The molecule has 0 saturated heterocycles. The second kappa shape index (κ2) is 12.0. The highest BCUT2D eigenvalue weighted by atomic mass is 35.5. The summed E-state index contributed by atoms with van der Waals surface area (Å²) in [6.07, 6.45) is 1.19. The van der Waals surface area contributed by atoms with Gasteiger partial charge in [-0.25, -0.2) is 4.79 Å². The van der Waals surface area contributed by atoms with Crippen molar-refractivity contribution in [2.75, 3.05) is 23.0 Å². The van der Waals surface area contributed by atoms with Gasteiger partial charge in [-0.2, -0.15) is 0 Å². The number of fused-ring (bicyclic) bond motifs is 1. The van der Waals surface area contributed by atoms with Crippen molar-refractivity contribution in [3.63, 3.8) is 0 Å². The van der Waals surface area contributed by atoms with Crippen LogP contribution in [0, 0.1) is 0 Å². The molecule has 198 valence electrons. The van der Waals surface area contributed by atoms with E-state index in [1.54, 1.807) is 53.1 Å². The highest BCUT2D eigenvalue weighted by molar-refractivity contribution is 6.30. The van der Waals surface area contributed by atoms with Gasteiger partial charge in [0.25, 0.3) is 5.91 Å². The molecule has 1 aliphatic rings. The first kappa shape index (κ1) is 27.0. The van der Waals surface area contributed by atoms with Crippen LogP contribution < -0.4 is 25.6 Å². The number of rotatable bonds is 8. The molecule has 2 atom stereocenters. The van der Waals surface area contributed by atoms with Crippen LogP contribution in [0.1, 0.15) is 48.7 Å². The molecular formula is C29H31ClN4O4. The molecule has 3 aromatic carbocycles. The molecule has 38 heavy (non-hydrogen) atoms. The fraction of sp³-hybridized carbons (Fsp3) is 0.276. The van der Waals surface area contributed by atoms with Crippen LogP contribution in [-0.4, -0.2) is 37.0 Å². The van der Waals surface area contributed by atoms with Crippen LogP contribution in [0.2, 0.25) is 5.02 Å². The van der Waals surface area contributed by atoms with Gasteiger partial charge in [0.2, 0.25) is 5.91 Å². The maximum atomic E-state index is 13.7. The van der Waals surface area contributed by atoms with Crippen LogP contribution in [0.25, 0.3) is 0 Å². The van der Waals surface area contributed by atoms with Crippen molar-refractivity contribution in [2.24, 2.45) is 5.73 Å². The zero-order valence-electron chi connectivity index (χ0n) is 21.4. The fourth-order valence-corrected chi connectivity index (χ4v) is 4.95. The van der Waals surface area contributed by atoms with Crippen LogP contribution in [0.5, 0.6) is 5.75 Å². The molecule has 0 spiro atoms. The minimum atomic E-state index is -0.563. The molecule has 4 rings (SSSR count). The van der Waals surface area contributed by atoms with Crippen LogP contribution >= 0.6 is 11.6 Å². The molecule has 0 bridgehead atoms. The Morgan fingerprint density at radius 2 is 1.74 bits per heavy atom. The number of hydrogen-bond acceptors (Lipinski definition) is 4. The van der Waals surface area contributed by atoms with Gasteiger partial charge >= 0.3 is 6.03 Å². The van der Waals surface area contributed by atoms with Gasteiger partial charge in [0.1, 0.15) is 5.75 Å². The van der Waals surface area contributed by atoms with Crippen molar-refractivity contribution < 1.29 is 19.1 Å². The lowest BCUT2D eigenvalue weighted by molar-refractivity contribution is -0.117. The Bertz CT molecular complexity index is 1300. The van der Waals surface area contributed by atoms with Crippen LogP contribution in [-0.2, 0) is 4.79 Å². The van der Waals surface area contributed by atoms with Gasteiger partial charge in [0.05, 0.1) is 12.6 Å². The molecule has 1 heterocycles. The highest BCUT2D eigenvalue weighted by Gasteiger charge is 2.38. The number of hydrogen-bond donors (Lipinski definition) is 2. The Labute approximate surface area is 227 Å². The fourth-order valence-electron chi connectivity index (χ4n) is 4.83. The number of nitrogens with one attached hydrogen (secondary N) is 1. The van der Waals surface area contributed by atoms with Gasteiger partial charge < -0.3 is 25.6 Å². The third-order valence-electron chi connectivity index (χ3n) is 6.53.